The van der Waals surface area contributed by atoms with E-state index >= 15 is 0 Å². The second-order valence-electron chi connectivity index (χ2n) is 0. The zero-order chi connectivity index (χ0) is 0. The zero-order valence-corrected chi connectivity index (χ0v) is 5.80. The van der Waals surface area contributed by atoms with Crippen LogP contribution >= 0.6 is 0 Å². The quantitative estimate of drug-likeness (QED) is 0.388. The summed E-state index contributed by atoms with van der Waals surface area (Å²) in [5, 5.41) is 0. The molecule has 0 nitrogen and oxygen atoms in total. The first-order valence-electron chi connectivity index (χ1n) is 0. The van der Waals surface area contributed by atoms with E-state index in [0.717, 1.165) is 0 Å². The molecule has 20 valence electrons. The summed E-state index contributed by atoms with van der Waals surface area (Å²) in [7, 11) is 0. The molecule has 0 spiro atoms. The number of hydrogen-bond donors (Lipinski definition) is 0. The van der Waals surface area contributed by atoms with Gasteiger partial charge >= 0.3 is 23.1 Å². The maximum absolute atomic E-state index is 0. The summed E-state index contributed by atoms with van der Waals surface area (Å²) in [5.74, 6) is 0. The molecule has 0 bridgehead atoms. The van der Waals surface area contributed by atoms with Crippen molar-refractivity contribution in [1.29, 1.82) is 0 Å². The monoisotopic (exact) mass is 136 g/mol. The fourth-order valence-electron chi connectivity index (χ4n) is 0. The molecule has 3 heteroatoms. The normalized spacial score (nSPS) is 0. The van der Waals surface area contributed by atoms with Gasteiger partial charge in [0.25, 0.3) is 0 Å². The van der Waals surface area contributed by atoms with Crippen molar-refractivity contribution in [1.82, 2.24) is 0 Å². The van der Waals surface area contributed by atoms with E-state index in [1.165, 1.54) is 0 Å². The van der Waals surface area contributed by atoms with Gasteiger partial charge in [-0.1, -0.05) is 7.43 Å². The van der Waals surface area contributed by atoms with Gasteiger partial charge in [0, 0.05) is 19.5 Å². The van der Waals surface area contributed by atoms with E-state index in [-0.39, 0.29) is 70.2 Å². The minimum atomic E-state index is 0. The SMILES string of the molecule is C.[AlH3].[H-].[H-].[Mg+2].[Zn]. The molecule has 0 aromatic carbocycles. The maximum atomic E-state index is 0. The molecule has 0 unspecified atom stereocenters. The number of rotatable bonds is 0. The van der Waals surface area contributed by atoms with Crippen LogP contribution < -0.4 is 0 Å². The molecule has 0 aliphatic rings. The van der Waals surface area contributed by atoms with Crippen molar-refractivity contribution in [3.05, 3.63) is 0 Å². The minimum absolute atomic E-state index is 0. The molecule has 0 aromatic rings. The van der Waals surface area contributed by atoms with Crippen LogP contribution in [0.25, 0.3) is 0 Å². The standard InChI is InChI=1S/CH4.Al.Mg.Zn.5H/h1H4;;;;;;;;/q;;+2;;;;;2*-1. The summed E-state index contributed by atoms with van der Waals surface area (Å²) >= 11 is 0. The van der Waals surface area contributed by atoms with Crippen molar-refractivity contribution in [2.75, 3.05) is 0 Å². The van der Waals surface area contributed by atoms with Crippen LogP contribution in [0.1, 0.15) is 10.3 Å². The molecule has 0 saturated carbocycles. The van der Waals surface area contributed by atoms with E-state index in [1.807, 2.05) is 0 Å². The van der Waals surface area contributed by atoms with Crippen molar-refractivity contribution in [2.45, 2.75) is 7.43 Å². The molecule has 0 N–H and O–H groups in total. The third-order valence-corrected chi connectivity index (χ3v) is 0. The van der Waals surface area contributed by atoms with E-state index in [2.05, 4.69) is 0 Å². The average Bonchev–Trinajstić information content (AvgIpc) is 0. The van der Waals surface area contributed by atoms with Crippen LogP contribution in [0, 0.1) is 0 Å². The molecule has 4 heavy (non-hydrogen) atoms. The Morgan fingerprint density at radius 3 is 1.25 bits per heavy atom. The predicted molar refractivity (Wildman–Crippen MR) is 24.6 cm³/mol. The van der Waals surface area contributed by atoms with E-state index in [1.54, 1.807) is 0 Å². The van der Waals surface area contributed by atoms with Gasteiger partial charge in [0.2, 0.25) is 0 Å². The molecular formula is CH9AlMgZn. The Morgan fingerprint density at radius 1 is 1.25 bits per heavy atom. The minimum Gasteiger partial charge on any atom is -1.00 e. The Kier molecular flexibility index (Phi) is 199. The van der Waals surface area contributed by atoms with E-state index in [0.29, 0.717) is 0 Å². The molecule has 0 heterocycles. The van der Waals surface area contributed by atoms with Crippen molar-refractivity contribution in [2.24, 2.45) is 0 Å². The predicted octanol–water partition coefficient (Wildman–Crippen LogP) is -0.706. The van der Waals surface area contributed by atoms with Gasteiger partial charge in [0.1, 0.15) is 0 Å². The van der Waals surface area contributed by atoms with E-state index in [9.17, 15) is 0 Å². The summed E-state index contributed by atoms with van der Waals surface area (Å²) in [6.45, 7) is 0. The Bertz CT molecular complexity index is 13.5. The van der Waals surface area contributed by atoms with Gasteiger partial charge in [-0.15, -0.1) is 0 Å². The van der Waals surface area contributed by atoms with Gasteiger partial charge in [0.15, 0.2) is 17.4 Å². The molecule has 0 fully saturated rings. The zero-order valence-electron chi connectivity index (χ0n) is 3.41. The van der Waals surface area contributed by atoms with Crippen LogP contribution in [0.5, 0.6) is 0 Å². The molecule has 0 saturated heterocycles. The largest absolute Gasteiger partial charge is 2.00 e. The molecular weight excluding hydrogens is 129 g/mol. The maximum Gasteiger partial charge on any atom is 2.00 e. The first-order chi connectivity index (χ1) is 0. The molecule has 0 aliphatic heterocycles. The van der Waals surface area contributed by atoms with Crippen LogP contribution in [0.4, 0.5) is 0 Å². The summed E-state index contributed by atoms with van der Waals surface area (Å²) in [4.78, 5) is 0. The van der Waals surface area contributed by atoms with Gasteiger partial charge < -0.3 is 2.85 Å². The van der Waals surface area contributed by atoms with Crippen molar-refractivity contribution >= 4 is 40.4 Å². The third kappa shape index (κ3) is 9.06. The molecule has 0 aliphatic carbocycles. The second-order valence-corrected chi connectivity index (χ2v) is 0. The first kappa shape index (κ1) is 38.8. The van der Waals surface area contributed by atoms with Crippen LogP contribution in [-0.2, 0) is 19.5 Å². The molecule has 0 radical (unpaired) electrons. The van der Waals surface area contributed by atoms with Gasteiger partial charge in [-0.2, -0.15) is 0 Å². The van der Waals surface area contributed by atoms with Gasteiger partial charge in [-0.25, -0.2) is 0 Å². The van der Waals surface area contributed by atoms with Crippen molar-refractivity contribution < 1.29 is 22.3 Å². The Hall–Kier alpha value is 1.92. The first-order valence-corrected chi connectivity index (χ1v) is 0. The molecule has 0 aromatic heterocycles. The van der Waals surface area contributed by atoms with Gasteiger partial charge in [-0.05, 0) is 0 Å². The third-order valence-electron chi connectivity index (χ3n) is 0. The summed E-state index contributed by atoms with van der Waals surface area (Å²) < 4.78 is 0. The molecule has 0 atom stereocenters. The van der Waals surface area contributed by atoms with Crippen molar-refractivity contribution in [3.8, 4) is 0 Å². The summed E-state index contributed by atoms with van der Waals surface area (Å²) in [5.41, 5.74) is 0. The summed E-state index contributed by atoms with van der Waals surface area (Å²) in [6.07, 6.45) is 0. The smallest absolute Gasteiger partial charge is 1.00 e. The Morgan fingerprint density at radius 2 is 1.25 bits per heavy atom. The average molecular weight is 138 g/mol. The Labute approximate surface area is 69.7 Å². The molecule has 0 rings (SSSR count). The fraction of sp³-hybridized carbons (Fsp3) is 1.00. The van der Waals surface area contributed by atoms with Crippen LogP contribution in [0.2, 0.25) is 0 Å². The van der Waals surface area contributed by atoms with E-state index < -0.39 is 0 Å². The fourth-order valence-corrected chi connectivity index (χ4v) is 0. The van der Waals surface area contributed by atoms with Crippen LogP contribution in [0.3, 0.4) is 0 Å². The van der Waals surface area contributed by atoms with Crippen molar-refractivity contribution in [3.63, 3.8) is 0 Å². The van der Waals surface area contributed by atoms with Gasteiger partial charge in [0.05, 0.1) is 0 Å². The topological polar surface area (TPSA) is 0 Å². The van der Waals surface area contributed by atoms with Crippen LogP contribution in [0.15, 0.2) is 0 Å². The van der Waals surface area contributed by atoms with Gasteiger partial charge in [-0.3, -0.25) is 0 Å². The summed E-state index contributed by atoms with van der Waals surface area (Å²) in [6, 6.07) is 0. The molecule has 0 amide bonds. The Balaban J connectivity index is 0. The van der Waals surface area contributed by atoms with Crippen LogP contribution in [-0.4, -0.2) is 40.4 Å². The second kappa shape index (κ2) is 20.5. The van der Waals surface area contributed by atoms with E-state index in [4.69, 9.17) is 0 Å². The number of hydrogen-bond acceptors (Lipinski definition) is 0.